The van der Waals surface area contributed by atoms with E-state index in [4.69, 9.17) is 4.74 Å². The standard InChI is InChI=1S/C18H20F3N3O2/c1-2-26-12-17(25)23-8-3-9-24-15(11-23)10-16(22-24)13-4-6-14(7-5-13)18(19,20)21/h4-7,10H,2-3,8-9,11-12H2,1H3. The Kier molecular flexibility index (Phi) is 5.31. The van der Waals surface area contributed by atoms with Gasteiger partial charge in [-0.2, -0.15) is 18.3 Å². The minimum atomic E-state index is -4.36. The summed E-state index contributed by atoms with van der Waals surface area (Å²) in [7, 11) is 0. The van der Waals surface area contributed by atoms with Gasteiger partial charge in [-0.25, -0.2) is 0 Å². The van der Waals surface area contributed by atoms with E-state index >= 15 is 0 Å². The number of amides is 1. The lowest BCUT2D eigenvalue weighted by Crippen LogP contribution is -2.33. The molecule has 0 atom stereocenters. The molecule has 0 fully saturated rings. The first kappa shape index (κ1) is 18.4. The van der Waals surface area contributed by atoms with Gasteiger partial charge in [0.2, 0.25) is 5.91 Å². The lowest BCUT2D eigenvalue weighted by atomic mass is 10.1. The van der Waals surface area contributed by atoms with Crippen LogP contribution in [0.15, 0.2) is 30.3 Å². The van der Waals surface area contributed by atoms with E-state index in [2.05, 4.69) is 5.10 Å². The molecule has 1 amide bonds. The second-order valence-electron chi connectivity index (χ2n) is 6.13. The number of carbonyl (C=O) groups is 1. The summed E-state index contributed by atoms with van der Waals surface area (Å²) >= 11 is 0. The molecule has 0 unspecified atom stereocenters. The molecule has 0 saturated heterocycles. The van der Waals surface area contributed by atoms with Crippen molar-refractivity contribution in [2.75, 3.05) is 19.8 Å². The average Bonchev–Trinajstić information content (AvgIpc) is 2.90. The van der Waals surface area contributed by atoms with Gasteiger partial charge in [-0.1, -0.05) is 12.1 Å². The number of hydrogen-bond acceptors (Lipinski definition) is 3. The van der Waals surface area contributed by atoms with Crippen LogP contribution in [0.4, 0.5) is 13.2 Å². The Hall–Kier alpha value is -2.35. The van der Waals surface area contributed by atoms with Crippen LogP contribution in [0.25, 0.3) is 11.3 Å². The molecule has 0 spiro atoms. The molecule has 0 N–H and O–H groups in total. The van der Waals surface area contributed by atoms with Crippen LogP contribution in [0.1, 0.15) is 24.6 Å². The van der Waals surface area contributed by atoms with Gasteiger partial charge >= 0.3 is 6.18 Å². The number of alkyl halides is 3. The molecule has 2 heterocycles. The zero-order valence-corrected chi connectivity index (χ0v) is 14.4. The number of halogens is 3. The first-order valence-electron chi connectivity index (χ1n) is 8.48. The van der Waals surface area contributed by atoms with E-state index in [1.165, 1.54) is 12.1 Å². The zero-order valence-electron chi connectivity index (χ0n) is 14.4. The lowest BCUT2D eigenvalue weighted by Gasteiger charge is -2.19. The molecule has 2 aromatic rings. The van der Waals surface area contributed by atoms with Crippen LogP contribution < -0.4 is 0 Å². The van der Waals surface area contributed by atoms with Crippen LogP contribution in [0.5, 0.6) is 0 Å². The molecule has 0 saturated carbocycles. The molecule has 1 aliphatic heterocycles. The van der Waals surface area contributed by atoms with Crippen molar-refractivity contribution in [3.63, 3.8) is 0 Å². The Labute approximate surface area is 149 Å². The first-order valence-corrected chi connectivity index (χ1v) is 8.48. The fourth-order valence-corrected chi connectivity index (χ4v) is 2.93. The van der Waals surface area contributed by atoms with Crippen LogP contribution in [-0.4, -0.2) is 40.3 Å². The highest BCUT2D eigenvalue weighted by Crippen LogP contribution is 2.31. The largest absolute Gasteiger partial charge is 0.416 e. The van der Waals surface area contributed by atoms with Crippen LogP contribution in [-0.2, 0) is 28.8 Å². The van der Waals surface area contributed by atoms with Crippen LogP contribution >= 0.6 is 0 Å². The second-order valence-corrected chi connectivity index (χ2v) is 6.13. The van der Waals surface area contributed by atoms with E-state index in [9.17, 15) is 18.0 Å². The summed E-state index contributed by atoms with van der Waals surface area (Å²) in [6.45, 7) is 4.08. The molecule has 5 nitrogen and oxygen atoms in total. The second kappa shape index (κ2) is 7.49. The minimum Gasteiger partial charge on any atom is -0.372 e. The van der Waals surface area contributed by atoms with E-state index in [-0.39, 0.29) is 12.5 Å². The number of benzene rings is 1. The van der Waals surface area contributed by atoms with Crippen molar-refractivity contribution in [3.8, 4) is 11.3 Å². The Morgan fingerprint density at radius 2 is 1.96 bits per heavy atom. The molecule has 1 aliphatic rings. The molecule has 1 aromatic carbocycles. The molecule has 3 rings (SSSR count). The predicted octanol–water partition coefficient (Wildman–Crippen LogP) is 3.34. The number of aryl methyl sites for hydroxylation is 1. The Morgan fingerprint density at radius 1 is 1.23 bits per heavy atom. The van der Waals surface area contributed by atoms with Crippen molar-refractivity contribution in [2.45, 2.75) is 32.6 Å². The summed E-state index contributed by atoms with van der Waals surface area (Å²) in [4.78, 5) is 13.9. The molecule has 0 aliphatic carbocycles. The number of rotatable bonds is 4. The highest BCUT2D eigenvalue weighted by atomic mass is 19.4. The smallest absolute Gasteiger partial charge is 0.372 e. The highest BCUT2D eigenvalue weighted by molar-refractivity contribution is 5.77. The third-order valence-electron chi connectivity index (χ3n) is 4.30. The normalized spacial score (nSPS) is 14.8. The van der Waals surface area contributed by atoms with Crippen LogP contribution in [0, 0.1) is 0 Å². The average molecular weight is 367 g/mol. The first-order chi connectivity index (χ1) is 12.4. The summed E-state index contributed by atoms with van der Waals surface area (Å²) in [5.74, 6) is -0.0717. The fourth-order valence-electron chi connectivity index (χ4n) is 2.93. The summed E-state index contributed by atoms with van der Waals surface area (Å²) in [6, 6.07) is 6.77. The Bertz CT molecular complexity index is 769. The molecule has 140 valence electrons. The minimum absolute atomic E-state index is 0.0520. The number of hydrogen-bond donors (Lipinski definition) is 0. The summed E-state index contributed by atoms with van der Waals surface area (Å²) in [5, 5.41) is 4.50. The molecule has 1 aromatic heterocycles. The molecular formula is C18H20F3N3O2. The topological polar surface area (TPSA) is 47.4 Å². The number of fused-ring (bicyclic) bond motifs is 1. The molecular weight excluding hydrogens is 347 g/mol. The molecule has 0 radical (unpaired) electrons. The fraction of sp³-hybridized carbons (Fsp3) is 0.444. The van der Waals surface area contributed by atoms with Crippen LogP contribution in [0.3, 0.4) is 0 Å². The third-order valence-corrected chi connectivity index (χ3v) is 4.30. The number of aromatic nitrogens is 2. The van der Waals surface area contributed by atoms with E-state index in [1.807, 2.05) is 17.7 Å². The maximum Gasteiger partial charge on any atom is 0.416 e. The van der Waals surface area contributed by atoms with Gasteiger partial charge in [0, 0.05) is 25.3 Å². The van der Waals surface area contributed by atoms with E-state index in [0.29, 0.717) is 37.5 Å². The van der Waals surface area contributed by atoms with Crippen LogP contribution in [0.2, 0.25) is 0 Å². The van der Waals surface area contributed by atoms with Gasteiger partial charge in [-0.05, 0) is 31.5 Å². The monoisotopic (exact) mass is 367 g/mol. The third kappa shape index (κ3) is 4.07. The zero-order chi connectivity index (χ0) is 18.7. The Balaban J connectivity index is 1.78. The molecule has 26 heavy (non-hydrogen) atoms. The van der Waals surface area contributed by atoms with Crippen molar-refractivity contribution in [2.24, 2.45) is 0 Å². The quantitative estimate of drug-likeness (QED) is 0.833. The lowest BCUT2D eigenvalue weighted by molar-refractivity contribution is -0.138. The van der Waals surface area contributed by atoms with Gasteiger partial charge in [0.15, 0.2) is 0 Å². The molecule has 0 bridgehead atoms. The van der Waals surface area contributed by atoms with Gasteiger partial charge in [0.1, 0.15) is 6.61 Å². The summed E-state index contributed by atoms with van der Waals surface area (Å²) in [5.41, 5.74) is 1.40. The summed E-state index contributed by atoms with van der Waals surface area (Å²) in [6.07, 6.45) is -3.59. The SMILES string of the molecule is CCOCC(=O)N1CCCn2nc(-c3ccc(C(F)(F)F)cc3)cc2C1. The highest BCUT2D eigenvalue weighted by Gasteiger charge is 2.30. The van der Waals surface area contributed by atoms with E-state index < -0.39 is 11.7 Å². The number of carbonyl (C=O) groups excluding carboxylic acids is 1. The van der Waals surface area contributed by atoms with Crippen molar-refractivity contribution in [3.05, 3.63) is 41.6 Å². The van der Waals surface area contributed by atoms with Gasteiger partial charge < -0.3 is 9.64 Å². The van der Waals surface area contributed by atoms with Gasteiger partial charge in [0.05, 0.1) is 23.5 Å². The molecule has 8 heteroatoms. The van der Waals surface area contributed by atoms with Crippen molar-refractivity contribution >= 4 is 5.91 Å². The predicted molar refractivity (Wildman–Crippen MR) is 89.2 cm³/mol. The maximum atomic E-state index is 12.7. The Morgan fingerprint density at radius 3 is 2.62 bits per heavy atom. The number of ether oxygens (including phenoxy) is 1. The summed E-state index contributed by atoms with van der Waals surface area (Å²) < 4.78 is 45.1. The van der Waals surface area contributed by atoms with Crippen molar-refractivity contribution in [1.82, 2.24) is 14.7 Å². The van der Waals surface area contributed by atoms with E-state index in [0.717, 1.165) is 24.2 Å². The van der Waals surface area contributed by atoms with Gasteiger partial charge in [-0.15, -0.1) is 0 Å². The van der Waals surface area contributed by atoms with Gasteiger partial charge in [0.25, 0.3) is 0 Å². The number of nitrogens with zero attached hydrogens (tertiary/aromatic N) is 3. The van der Waals surface area contributed by atoms with Gasteiger partial charge in [-0.3, -0.25) is 9.48 Å². The maximum absolute atomic E-state index is 12.7. The van der Waals surface area contributed by atoms with Crippen molar-refractivity contribution in [1.29, 1.82) is 0 Å². The van der Waals surface area contributed by atoms with Crippen molar-refractivity contribution < 1.29 is 22.7 Å². The van der Waals surface area contributed by atoms with E-state index in [1.54, 1.807) is 4.90 Å².